The summed E-state index contributed by atoms with van der Waals surface area (Å²) in [5.74, 6) is 0.284. The van der Waals surface area contributed by atoms with Crippen molar-refractivity contribution in [2.75, 3.05) is 19.0 Å². The molecule has 42 heavy (non-hydrogen) atoms. The van der Waals surface area contributed by atoms with Crippen molar-refractivity contribution in [2.45, 2.75) is 39.3 Å². The summed E-state index contributed by atoms with van der Waals surface area (Å²) in [7, 11) is 1.48. The van der Waals surface area contributed by atoms with Gasteiger partial charge in [-0.3, -0.25) is 19.9 Å². The number of nitro benzene ring substituents is 1. The van der Waals surface area contributed by atoms with Crippen LogP contribution in [0.1, 0.15) is 46.7 Å². The summed E-state index contributed by atoms with van der Waals surface area (Å²) < 4.78 is 7.12. The molecule has 1 amide bonds. The number of nitrogens with zero attached hydrogens (tertiary/aromatic N) is 4. The number of hydrogen-bond acceptors (Lipinski definition) is 6. The lowest BCUT2D eigenvalue weighted by atomic mass is 9.96. The number of amides is 1. The van der Waals surface area contributed by atoms with E-state index in [1.807, 2.05) is 78.8 Å². The molecule has 0 radical (unpaired) electrons. The van der Waals surface area contributed by atoms with Gasteiger partial charge >= 0.3 is 0 Å². The van der Waals surface area contributed by atoms with Crippen molar-refractivity contribution in [2.24, 2.45) is 0 Å². The molecule has 0 spiro atoms. The van der Waals surface area contributed by atoms with Crippen LogP contribution in [0.25, 0.3) is 5.69 Å². The number of anilines is 1. The highest BCUT2D eigenvalue weighted by Crippen LogP contribution is 2.42. The number of carbonyl (C=O) groups excluding carboxylic acids is 1. The first-order valence-corrected chi connectivity index (χ1v) is 13.9. The standard InChI is InChI=1S/C31H32N6O4S/c1-19-8-7-9-22(16-19)33-28(38)13-15-35-30(29(34-31(35)42)25-10-5-6-14-32-25)24-17-20(2)36(21(24)3)26-12-11-23(41-4)18-27(26)37(39)40/h5-12,14,16-18,29-30H,13,15H2,1-4H3,(H,33,38)(H,34,42). The highest BCUT2D eigenvalue weighted by atomic mass is 32.1. The summed E-state index contributed by atoms with van der Waals surface area (Å²) in [6.45, 7) is 6.20. The highest BCUT2D eigenvalue weighted by Gasteiger charge is 2.41. The van der Waals surface area contributed by atoms with Crippen molar-refractivity contribution in [1.29, 1.82) is 0 Å². The molecule has 2 atom stereocenters. The van der Waals surface area contributed by atoms with Crippen molar-refractivity contribution in [3.63, 3.8) is 0 Å². The fourth-order valence-corrected chi connectivity index (χ4v) is 5.91. The fourth-order valence-electron chi connectivity index (χ4n) is 5.58. The van der Waals surface area contributed by atoms with E-state index in [1.165, 1.54) is 13.2 Å². The number of thiocarbonyl (C=S) groups is 1. The third-order valence-corrected chi connectivity index (χ3v) is 7.84. The number of methoxy groups -OCH3 is 1. The van der Waals surface area contributed by atoms with E-state index in [-0.39, 0.29) is 30.1 Å². The molecule has 0 bridgehead atoms. The predicted molar refractivity (Wildman–Crippen MR) is 165 cm³/mol. The number of carbonyl (C=O) groups is 1. The Morgan fingerprint density at radius 1 is 1.12 bits per heavy atom. The van der Waals surface area contributed by atoms with E-state index in [4.69, 9.17) is 17.0 Å². The smallest absolute Gasteiger partial charge is 0.296 e. The van der Waals surface area contributed by atoms with E-state index >= 15 is 0 Å². The number of nitrogens with one attached hydrogen (secondary N) is 2. The van der Waals surface area contributed by atoms with Gasteiger partial charge in [0, 0.05) is 36.2 Å². The van der Waals surface area contributed by atoms with Crippen LogP contribution in [-0.2, 0) is 4.79 Å². The zero-order chi connectivity index (χ0) is 30.0. The normalized spacial score (nSPS) is 16.3. The Hall–Kier alpha value is -4.77. The minimum absolute atomic E-state index is 0.0614. The molecular formula is C31H32N6O4S. The van der Waals surface area contributed by atoms with Gasteiger partial charge in [-0.15, -0.1) is 0 Å². The molecule has 2 unspecified atom stereocenters. The van der Waals surface area contributed by atoms with E-state index in [1.54, 1.807) is 18.3 Å². The van der Waals surface area contributed by atoms with Crippen LogP contribution in [0.2, 0.25) is 0 Å². The lowest BCUT2D eigenvalue weighted by Gasteiger charge is -2.28. The van der Waals surface area contributed by atoms with Crippen molar-refractivity contribution in [1.82, 2.24) is 19.8 Å². The molecule has 2 aromatic heterocycles. The first-order chi connectivity index (χ1) is 20.2. The van der Waals surface area contributed by atoms with E-state index in [0.717, 1.165) is 33.9 Å². The Kier molecular flexibility index (Phi) is 8.21. The van der Waals surface area contributed by atoms with Crippen LogP contribution < -0.4 is 15.4 Å². The molecule has 2 N–H and O–H groups in total. The molecule has 0 saturated carbocycles. The van der Waals surface area contributed by atoms with Gasteiger partial charge in [-0.1, -0.05) is 18.2 Å². The molecule has 216 valence electrons. The summed E-state index contributed by atoms with van der Waals surface area (Å²) in [5, 5.41) is 18.9. The molecule has 1 aliphatic rings. The molecule has 2 aromatic carbocycles. The molecule has 11 heteroatoms. The predicted octanol–water partition coefficient (Wildman–Crippen LogP) is 5.72. The number of hydrogen-bond donors (Lipinski definition) is 2. The first-order valence-electron chi connectivity index (χ1n) is 13.5. The van der Waals surface area contributed by atoms with E-state index in [0.29, 0.717) is 23.1 Å². The second-order valence-corrected chi connectivity index (χ2v) is 10.6. The molecule has 10 nitrogen and oxygen atoms in total. The maximum Gasteiger partial charge on any atom is 0.296 e. The Morgan fingerprint density at radius 2 is 1.93 bits per heavy atom. The molecule has 1 saturated heterocycles. The van der Waals surface area contributed by atoms with Gasteiger partial charge in [0.15, 0.2) is 5.11 Å². The molecule has 3 heterocycles. The van der Waals surface area contributed by atoms with Gasteiger partial charge in [-0.25, -0.2) is 0 Å². The SMILES string of the molecule is COc1ccc(-n2c(C)cc(C3C(c4ccccn4)NC(=S)N3CCC(=O)Nc3cccc(C)c3)c2C)c([N+](=O)[O-])c1. The van der Waals surface area contributed by atoms with Crippen molar-refractivity contribution >= 4 is 34.6 Å². The maximum atomic E-state index is 13.0. The molecule has 4 aromatic rings. The topological polar surface area (TPSA) is 115 Å². The van der Waals surface area contributed by atoms with Crippen LogP contribution in [0, 0.1) is 30.9 Å². The van der Waals surface area contributed by atoms with Gasteiger partial charge in [-0.2, -0.15) is 0 Å². The molecule has 5 rings (SSSR count). The molecule has 1 aliphatic heterocycles. The maximum absolute atomic E-state index is 13.0. The first kappa shape index (κ1) is 28.7. The third kappa shape index (κ3) is 5.68. The number of ether oxygens (including phenoxy) is 1. The van der Waals surface area contributed by atoms with Crippen LogP contribution in [0.3, 0.4) is 0 Å². The average Bonchev–Trinajstić information content (AvgIpc) is 3.45. The van der Waals surface area contributed by atoms with Gasteiger partial charge < -0.3 is 24.8 Å². The highest BCUT2D eigenvalue weighted by molar-refractivity contribution is 7.80. The van der Waals surface area contributed by atoms with Gasteiger partial charge in [0.2, 0.25) is 5.91 Å². The minimum Gasteiger partial charge on any atom is -0.496 e. The zero-order valence-corrected chi connectivity index (χ0v) is 24.6. The Labute approximate surface area is 249 Å². The zero-order valence-electron chi connectivity index (χ0n) is 23.8. The number of aromatic nitrogens is 2. The number of rotatable bonds is 9. The Bertz CT molecular complexity index is 1650. The summed E-state index contributed by atoms with van der Waals surface area (Å²) in [5.41, 5.74) is 5.57. The average molecular weight is 585 g/mol. The van der Waals surface area contributed by atoms with E-state index in [2.05, 4.69) is 15.6 Å². The number of benzene rings is 2. The van der Waals surface area contributed by atoms with E-state index in [9.17, 15) is 14.9 Å². The second kappa shape index (κ2) is 12.0. The largest absolute Gasteiger partial charge is 0.496 e. The van der Waals surface area contributed by atoms with Crippen molar-refractivity contribution in [3.8, 4) is 11.4 Å². The number of nitro groups is 1. The van der Waals surface area contributed by atoms with Crippen LogP contribution in [0.15, 0.2) is 72.9 Å². The summed E-state index contributed by atoms with van der Waals surface area (Å²) in [4.78, 5) is 31.2. The summed E-state index contributed by atoms with van der Waals surface area (Å²) in [6.07, 6.45) is 1.95. The number of pyridine rings is 1. The van der Waals surface area contributed by atoms with Crippen molar-refractivity contribution < 1.29 is 14.5 Å². The van der Waals surface area contributed by atoms with Gasteiger partial charge in [0.05, 0.1) is 35.9 Å². The summed E-state index contributed by atoms with van der Waals surface area (Å²) in [6, 6.07) is 19.6. The van der Waals surface area contributed by atoms with Gasteiger partial charge in [0.25, 0.3) is 5.69 Å². The van der Waals surface area contributed by atoms with Crippen LogP contribution >= 0.6 is 12.2 Å². The van der Waals surface area contributed by atoms with Gasteiger partial charge in [0.1, 0.15) is 11.4 Å². The molecular weight excluding hydrogens is 552 g/mol. The van der Waals surface area contributed by atoms with Crippen LogP contribution in [0.5, 0.6) is 5.75 Å². The van der Waals surface area contributed by atoms with Gasteiger partial charge in [-0.05, 0) is 86.6 Å². The second-order valence-electron chi connectivity index (χ2n) is 10.3. The van der Waals surface area contributed by atoms with Crippen molar-refractivity contribution in [3.05, 3.63) is 111 Å². The Morgan fingerprint density at radius 3 is 2.62 bits per heavy atom. The quantitative estimate of drug-likeness (QED) is 0.146. The summed E-state index contributed by atoms with van der Waals surface area (Å²) >= 11 is 5.80. The fraction of sp³-hybridized carbons (Fsp3) is 0.258. The third-order valence-electron chi connectivity index (χ3n) is 7.49. The lowest BCUT2D eigenvalue weighted by Crippen LogP contribution is -2.32. The van der Waals surface area contributed by atoms with Crippen LogP contribution in [0.4, 0.5) is 11.4 Å². The monoisotopic (exact) mass is 584 g/mol. The lowest BCUT2D eigenvalue weighted by molar-refractivity contribution is -0.384. The minimum atomic E-state index is -0.404. The molecule has 0 aliphatic carbocycles. The van der Waals surface area contributed by atoms with E-state index < -0.39 is 4.92 Å². The number of aryl methyl sites for hydroxylation is 2. The van der Waals surface area contributed by atoms with Crippen LogP contribution in [-0.4, -0.2) is 44.0 Å². The molecule has 1 fully saturated rings. The Balaban J connectivity index is 1.52.